The fraction of sp³-hybridized carbons (Fsp3) is 0.375. The van der Waals surface area contributed by atoms with Crippen LogP contribution in [-0.2, 0) is 14.8 Å². The fourth-order valence-corrected chi connectivity index (χ4v) is 6.00. The first-order valence-electron chi connectivity index (χ1n) is 7.87. The van der Waals surface area contributed by atoms with E-state index >= 15 is 0 Å². The van der Waals surface area contributed by atoms with Crippen molar-refractivity contribution in [2.45, 2.75) is 36.1 Å². The zero-order valence-electron chi connectivity index (χ0n) is 13.7. The Morgan fingerprint density at radius 3 is 2.92 bits per heavy atom. The summed E-state index contributed by atoms with van der Waals surface area (Å²) in [5.41, 5.74) is 0. The van der Waals surface area contributed by atoms with Crippen LogP contribution < -0.4 is 5.32 Å². The number of carbonyl (C=O) groups is 1. The summed E-state index contributed by atoms with van der Waals surface area (Å²) in [6, 6.07) is 4.76. The monoisotopic (exact) mass is 381 g/mol. The molecule has 2 unspecified atom stereocenters. The van der Waals surface area contributed by atoms with Crippen molar-refractivity contribution in [1.29, 1.82) is 0 Å². The molecule has 1 aliphatic heterocycles. The predicted molar refractivity (Wildman–Crippen MR) is 94.5 cm³/mol. The first kappa shape index (κ1) is 17.8. The van der Waals surface area contributed by atoms with E-state index in [2.05, 4.69) is 17.1 Å². The molecule has 3 heterocycles. The number of thiophene rings is 1. The van der Waals surface area contributed by atoms with Crippen molar-refractivity contribution in [3.05, 3.63) is 37.1 Å². The molecule has 2 atom stereocenters. The molecule has 7 nitrogen and oxygen atoms in total. The van der Waals surface area contributed by atoms with Gasteiger partial charge in [-0.1, -0.05) is 11.7 Å². The molecule has 1 saturated heterocycles. The van der Waals surface area contributed by atoms with Gasteiger partial charge < -0.3 is 9.84 Å². The van der Waals surface area contributed by atoms with E-state index in [0.29, 0.717) is 25.1 Å². The van der Waals surface area contributed by atoms with E-state index < -0.39 is 10.0 Å². The lowest BCUT2D eigenvalue weighted by atomic mass is 10.0. The molecule has 2 aromatic rings. The summed E-state index contributed by atoms with van der Waals surface area (Å²) in [5.74, 6) is 0.314. The molecule has 1 amide bonds. The largest absolute Gasteiger partial charge is 0.355 e. The Morgan fingerprint density at radius 1 is 1.48 bits per heavy atom. The average Bonchev–Trinajstić information content (AvgIpc) is 3.25. The number of carbonyl (C=O) groups excluding carboxylic acids is 1. The maximum absolute atomic E-state index is 13.0. The number of amides is 1. The van der Waals surface area contributed by atoms with Crippen molar-refractivity contribution in [3.63, 3.8) is 0 Å². The molecule has 0 radical (unpaired) electrons. The maximum atomic E-state index is 13.0. The lowest BCUT2D eigenvalue weighted by Gasteiger charge is -2.36. The van der Waals surface area contributed by atoms with Gasteiger partial charge in [-0.15, -0.1) is 11.3 Å². The summed E-state index contributed by atoms with van der Waals surface area (Å²) in [6.45, 7) is 5.65. The topological polar surface area (TPSA) is 92.5 Å². The molecule has 0 saturated carbocycles. The quantitative estimate of drug-likeness (QED) is 0.802. The molecule has 1 N–H and O–H groups in total. The third-order valence-corrected chi connectivity index (χ3v) is 7.75. The van der Waals surface area contributed by atoms with Crippen LogP contribution in [0.15, 0.2) is 45.8 Å². The van der Waals surface area contributed by atoms with Crippen LogP contribution in [0.25, 0.3) is 10.6 Å². The second-order valence-electron chi connectivity index (χ2n) is 5.89. The van der Waals surface area contributed by atoms with Gasteiger partial charge in [0.1, 0.15) is 4.21 Å². The molecular weight excluding hydrogens is 362 g/mol. The molecule has 0 bridgehead atoms. The van der Waals surface area contributed by atoms with Gasteiger partial charge in [0.2, 0.25) is 5.91 Å². The Labute approximate surface area is 150 Å². The summed E-state index contributed by atoms with van der Waals surface area (Å²) < 4.78 is 32.8. The number of rotatable bonds is 5. The number of nitrogens with zero attached hydrogens (tertiary/aromatic N) is 2. The van der Waals surface area contributed by atoms with Crippen LogP contribution in [0.1, 0.15) is 19.8 Å². The highest BCUT2D eigenvalue weighted by Gasteiger charge is 2.35. The standard InChI is InChI=1S/C16H19N3O4S2/c1-3-15(20)18-12-7-9-19(11(2)10-12)25(21,22)16-5-4-14(24-16)13-6-8-17-23-13/h3-6,8,11-12H,1,7,9-10H2,2H3,(H,18,20). The van der Waals surface area contributed by atoms with E-state index in [4.69, 9.17) is 4.52 Å². The van der Waals surface area contributed by atoms with Gasteiger partial charge in [0.25, 0.3) is 10.0 Å². The van der Waals surface area contributed by atoms with E-state index in [-0.39, 0.29) is 22.2 Å². The van der Waals surface area contributed by atoms with Gasteiger partial charge in [-0.05, 0) is 38.0 Å². The van der Waals surface area contributed by atoms with Crippen LogP contribution in [0.5, 0.6) is 0 Å². The molecular formula is C16H19N3O4S2. The lowest BCUT2D eigenvalue weighted by molar-refractivity contribution is -0.117. The second kappa shape index (κ2) is 7.11. The predicted octanol–water partition coefficient (Wildman–Crippen LogP) is 2.25. The minimum absolute atomic E-state index is 0.0416. The molecule has 2 aromatic heterocycles. The van der Waals surface area contributed by atoms with Gasteiger partial charge >= 0.3 is 0 Å². The van der Waals surface area contributed by atoms with Crippen LogP contribution in [0.3, 0.4) is 0 Å². The van der Waals surface area contributed by atoms with Crippen molar-refractivity contribution in [2.24, 2.45) is 0 Å². The first-order valence-corrected chi connectivity index (χ1v) is 10.1. The van der Waals surface area contributed by atoms with Gasteiger partial charge in [-0.2, -0.15) is 4.31 Å². The third kappa shape index (κ3) is 3.68. The summed E-state index contributed by atoms with van der Waals surface area (Å²) in [7, 11) is -3.58. The van der Waals surface area contributed by atoms with E-state index in [1.54, 1.807) is 18.2 Å². The Bertz CT molecular complexity index is 858. The summed E-state index contributed by atoms with van der Waals surface area (Å²) in [5, 5.41) is 6.48. The van der Waals surface area contributed by atoms with E-state index in [9.17, 15) is 13.2 Å². The lowest BCUT2D eigenvalue weighted by Crippen LogP contribution is -2.50. The Kier molecular flexibility index (Phi) is 5.07. The number of piperidine rings is 1. The number of nitrogens with one attached hydrogen (secondary N) is 1. The normalized spacial score (nSPS) is 21.8. The zero-order valence-corrected chi connectivity index (χ0v) is 15.3. The smallest absolute Gasteiger partial charge is 0.252 e. The highest BCUT2D eigenvalue weighted by Crippen LogP contribution is 2.34. The van der Waals surface area contributed by atoms with Crippen molar-refractivity contribution >= 4 is 27.3 Å². The summed E-state index contributed by atoms with van der Waals surface area (Å²) >= 11 is 1.16. The highest BCUT2D eigenvalue weighted by atomic mass is 32.2. The summed E-state index contributed by atoms with van der Waals surface area (Å²) in [4.78, 5) is 12.1. The van der Waals surface area contributed by atoms with Crippen LogP contribution in [0, 0.1) is 0 Å². The Hall–Kier alpha value is -1.97. The van der Waals surface area contributed by atoms with Crippen molar-refractivity contribution in [2.75, 3.05) is 6.54 Å². The SMILES string of the molecule is C=CC(=O)NC1CCN(S(=O)(=O)c2ccc(-c3ccno3)s2)C(C)C1. The van der Waals surface area contributed by atoms with Crippen molar-refractivity contribution in [1.82, 2.24) is 14.8 Å². The van der Waals surface area contributed by atoms with Gasteiger partial charge in [-0.25, -0.2) is 8.42 Å². The molecule has 134 valence electrons. The van der Waals surface area contributed by atoms with Gasteiger partial charge in [0.05, 0.1) is 11.1 Å². The molecule has 1 fully saturated rings. The van der Waals surface area contributed by atoms with Gasteiger partial charge in [0, 0.05) is 24.7 Å². The number of hydrogen-bond acceptors (Lipinski definition) is 6. The van der Waals surface area contributed by atoms with Crippen LogP contribution in [0.2, 0.25) is 0 Å². The van der Waals surface area contributed by atoms with E-state index in [0.717, 1.165) is 16.2 Å². The molecule has 25 heavy (non-hydrogen) atoms. The van der Waals surface area contributed by atoms with Gasteiger partial charge in [-0.3, -0.25) is 4.79 Å². The van der Waals surface area contributed by atoms with E-state index in [1.807, 2.05) is 6.92 Å². The summed E-state index contributed by atoms with van der Waals surface area (Å²) in [6.07, 6.45) is 3.89. The molecule has 0 aromatic carbocycles. The van der Waals surface area contributed by atoms with Crippen LogP contribution in [-0.4, -0.2) is 42.4 Å². The molecule has 9 heteroatoms. The number of sulfonamides is 1. The molecule has 0 spiro atoms. The number of hydrogen-bond donors (Lipinski definition) is 1. The van der Waals surface area contributed by atoms with E-state index in [1.165, 1.54) is 16.6 Å². The molecule has 1 aliphatic rings. The fourth-order valence-electron chi connectivity index (χ4n) is 2.95. The van der Waals surface area contributed by atoms with Crippen LogP contribution in [0.4, 0.5) is 0 Å². The third-order valence-electron chi connectivity index (χ3n) is 4.17. The Balaban J connectivity index is 1.75. The second-order valence-corrected chi connectivity index (χ2v) is 9.10. The highest BCUT2D eigenvalue weighted by molar-refractivity contribution is 7.91. The Morgan fingerprint density at radius 2 is 2.28 bits per heavy atom. The van der Waals surface area contributed by atoms with Crippen molar-refractivity contribution in [3.8, 4) is 10.6 Å². The van der Waals surface area contributed by atoms with Crippen LogP contribution >= 0.6 is 11.3 Å². The minimum atomic E-state index is -3.58. The molecule has 3 rings (SSSR count). The minimum Gasteiger partial charge on any atom is -0.355 e. The molecule has 0 aliphatic carbocycles. The average molecular weight is 381 g/mol. The van der Waals surface area contributed by atoms with Crippen molar-refractivity contribution < 1.29 is 17.7 Å². The number of aromatic nitrogens is 1. The van der Waals surface area contributed by atoms with Gasteiger partial charge in [0.15, 0.2) is 5.76 Å². The zero-order chi connectivity index (χ0) is 18.0. The maximum Gasteiger partial charge on any atom is 0.252 e. The first-order chi connectivity index (χ1) is 11.9.